The fourth-order valence-corrected chi connectivity index (χ4v) is 3.76. The molecule has 0 aromatic heterocycles. The highest BCUT2D eigenvalue weighted by atomic mass is 16.5. The molecule has 120 valence electrons. The van der Waals surface area contributed by atoms with Gasteiger partial charge in [0, 0.05) is 12.1 Å². The van der Waals surface area contributed by atoms with Crippen molar-refractivity contribution in [1.82, 2.24) is 4.90 Å². The highest BCUT2D eigenvalue weighted by Gasteiger charge is 2.41. The second-order valence-corrected chi connectivity index (χ2v) is 7.56. The Morgan fingerprint density at radius 1 is 1.10 bits per heavy atom. The SMILES string of the molecule is BC1CCCCCCC2C(C1)O/C(=N\C(C)C)N2C(C)C. The third kappa shape index (κ3) is 4.40. The van der Waals surface area contributed by atoms with Crippen LogP contribution in [0.3, 0.4) is 0 Å². The summed E-state index contributed by atoms with van der Waals surface area (Å²) in [6.45, 7) is 8.80. The van der Waals surface area contributed by atoms with Gasteiger partial charge < -0.3 is 9.64 Å². The summed E-state index contributed by atoms with van der Waals surface area (Å²) < 4.78 is 6.33. The molecule has 0 bridgehead atoms. The topological polar surface area (TPSA) is 24.8 Å². The van der Waals surface area contributed by atoms with Crippen LogP contribution in [0.5, 0.6) is 0 Å². The van der Waals surface area contributed by atoms with E-state index in [9.17, 15) is 0 Å². The first-order valence-corrected chi connectivity index (χ1v) is 9.01. The van der Waals surface area contributed by atoms with Gasteiger partial charge in [-0.1, -0.05) is 37.9 Å². The van der Waals surface area contributed by atoms with Crippen LogP contribution in [0.25, 0.3) is 0 Å². The highest BCUT2D eigenvalue weighted by molar-refractivity contribution is 6.11. The van der Waals surface area contributed by atoms with Gasteiger partial charge in [0.25, 0.3) is 6.02 Å². The molecule has 1 aliphatic heterocycles. The molecule has 1 aliphatic carbocycles. The summed E-state index contributed by atoms with van der Waals surface area (Å²) in [5.74, 6) is 0.767. The van der Waals surface area contributed by atoms with Gasteiger partial charge in [0.15, 0.2) is 0 Å². The second-order valence-electron chi connectivity index (χ2n) is 7.56. The van der Waals surface area contributed by atoms with Crippen LogP contribution in [-0.4, -0.2) is 43.0 Å². The maximum Gasteiger partial charge on any atom is 0.288 e. The lowest BCUT2D eigenvalue weighted by Crippen LogP contribution is -2.42. The van der Waals surface area contributed by atoms with E-state index in [1.54, 1.807) is 0 Å². The maximum atomic E-state index is 6.33. The van der Waals surface area contributed by atoms with E-state index in [1.165, 1.54) is 44.9 Å². The molecule has 2 aliphatic rings. The average Bonchev–Trinajstić information content (AvgIpc) is 2.70. The Morgan fingerprint density at radius 2 is 1.76 bits per heavy atom. The van der Waals surface area contributed by atoms with Gasteiger partial charge in [-0.25, -0.2) is 4.99 Å². The molecule has 0 aromatic carbocycles. The van der Waals surface area contributed by atoms with E-state index in [0.29, 0.717) is 24.2 Å². The van der Waals surface area contributed by atoms with E-state index in [1.807, 2.05) is 0 Å². The molecule has 3 atom stereocenters. The zero-order valence-electron chi connectivity index (χ0n) is 14.6. The first-order chi connectivity index (χ1) is 9.99. The maximum absolute atomic E-state index is 6.33. The van der Waals surface area contributed by atoms with E-state index >= 15 is 0 Å². The summed E-state index contributed by atoms with van der Waals surface area (Å²) in [5.41, 5.74) is 0. The van der Waals surface area contributed by atoms with E-state index in [0.717, 1.165) is 11.8 Å². The molecule has 3 nitrogen and oxygen atoms in total. The van der Waals surface area contributed by atoms with Crippen molar-refractivity contribution in [3.8, 4) is 0 Å². The van der Waals surface area contributed by atoms with Gasteiger partial charge in [-0.05, 0) is 40.5 Å². The van der Waals surface area contributed by atoms with Gasteiger partial charge in [-0.2, -0.15) is 0 Å². The Labute approximate surface area is 131 Å². The van der Waals surface area contributed by atoms with Gasteiger partial charge in [0.1, 0.15) is 14.0 Å². The molecule has 0 spiro atoms. The number of nitrogens with zero attached hydrogens (tertiary/aromatic N) is 2. The summed E-state index contributed by atoms with van der Waals surface area (Å²) in [4.78, 5) is 7.21. The van der Waals surface area contributed by atoms with E-state index in [-0.39, 0.29) is 0 Å². The van der Waals surface area contributed by atoms with Gasteiger partial charge >= 0.3 is 0 Å². The molecule has 1 saturated carbocycles. The Balaban J connectivity index is 2.20. The number of hydrogen-bond donors (Lipinski definition) is 0. The largest absolute Gasteiger partial charge is 0.460 e. The molecule has 2 rings (SSSR count). The van der Waals surface area contributed by atoms with Crippen LogP contribution >= 0.6 is 0 Å². The van der Waals surface area contributed by atoms with Crippen molar-refractivity contribution in [1.29, 1.82) is 0 Å². The van der Waals surface area contributed by atoms with Crippen molar-refractivity contribution < 1.29 is 4.74 Å². The zero-order chi connectivity index (χ0) is 15.4. The van der Waals surface area contributed by atoms with Crippen LogP contribution in [0.4, 0.5) is 0 Å². The molecule has 21 heavy (non-hydrogen) atoms. The molecular formula is C17H33BN2O. The van der Waals surface area contributed by atoms with Crippen LogP contribution in [-0.2, 0) is 4.74 Å². The minimum absolute atomic E-state index is 0.300. The number of fused-ring (bicyclic) bond motifs is 1. The Bertz CT molecular complexity index is 357. The molecule has 0 N–H and O–H groups in total. The summed E-state index contributed by atoms with van der Waals surface area (Å²) >= 11 is 0. The predicted molar refractivity (Wildman–Crippen MR) is 92.8 cm³/mol. The van der Waals surface area contributed by atoms with Crippen LogP contribution < -0.4 is 0 Å². The van der Waals surface area contributed by atoms with Crippen molar-refractivity contribution in [2.75, 3.05) is 0 Å². The first-order valence-electron chi connectivity index (χ1n) is 9.01. The lowest BCUT2D eigenvalue weighted by atomic mass is 9.76. The van der Waals surface area contributed by atoms with Gasteiger partial charge in [-0.3, -0.25) is 0 Å². The summed E-state index contributed by atoms with van der Waals surface area (Å²) in [5, 5.41) is 0. The second kappa shape index (κ2) is 7.55. The summed E-state index contributed by atoms with van der Waals surface area (Å²) in [6.07, 6.45) is 9.63. The van der Waals surface area contributed by atoms with E-state index < -0.39 is 0 Å². The van der Waals surface area contributed by atoms with Crippen LogP contribution in [0.15, 0.2) is 4.99 Å². The molecule has 2 fully saturated rings. The van der Waals surface area contributed by atoms with Crippen molar-refractivity contribution in [2.24, 2.45) is 4.99 Å². The fourth-order valence-electron chi connectivity index (χ4n) is 3.76. The lowest BCUT2D eigenvalue weighted by molar-refractivity contribution is 0.155. The van der Waals surface area contributed by atoms with Crippen LogP contribution in [0.2, 0.25) is 5.82 Å². The number of rotatable bonds is 2. The fraction of sp³-hybridized carbons (Fsp3) is 0.941. The van der Waals surface area contributed by atoms with Crippen molar-refractivity contribution >= 4 is 13.9 Å². The van der Waals surface area contributed by atoms with Crippen molar-refractivity contribution in [2.45, 2.75) is 103 Å². The zero-order valence-corrected chi connectivity index (χ0v) is 14.6. The predicted octanol–water partition coefficient (Wildman–Crippen LogP) is 3.39. The van der Waals surface area contributed by atoms with E-state index in [2.05, 4.69) is 40.4 Å². The van der Waals surface area contributed by atoms with Gasteiger partial charge in [0.2, 0.25) is 0 Å². The Hall–Kier alpha value is -0.665. The molecule has 3 unspecified atom stereocenters. The normalized spacial score (nSPS) is 33.3. The quantitative estimate of drug-likeness (QED) is 0.729. The molecule has 0 amide bonds. The van der Waals surface area contributed by atoms with Crippen LogP contribution in [0.1, 0.15) is 72.6 Å². The summed E-state index contributed by atoms with van der Waals surface area (Å²) in [6, 6.07) is 2.20. The Morgan fingerprint density at radius 3 is 2.38 bits per heavy atom. The summed E-state index contributed by atoms with van der Waals surface area (Å²) in [7, 11) is 2.39. The monoisotopic (exact) mass is 292 g/mol. The third-order valence-corrected chi connectivity index (χ3v) is 4.77. The number of aliphatic imine (C=N–C) groups is 1. The van der Waals surface area contributed by atoms with Gasteiger partial charge in [0.05, 0.1) is 6.04 Å². The third-order valence-electron chi connectivity index (χ3n) is 4.77. The molecular weight excluding hydrogens is 259 g/mol. The highest BCUT2D eigenvalue weighted by Crippen LogP contribution is 2.33. The first kappa shape index (κ1) is 16.7. The molecule has 1 saturated heterocycles. The minimum atomic E-state index is 0.300. The average molecular weight is 292 g/mol. The molecule has 1 heterocycles. The van der Waals surface area contributed by atoms with E-state index in [4.69, 9.17) is 9.73 Å². The standard InChI is InChI=1S/C17H33BN2O/c1-12(2)19-17-20(13(3)4)15-10-8-6-5-7-9-14(18)11-16(15)21-17/h12-16H,5-11,18H2,1-4H3/b19-17-. The minimum Gasteiger partial charge on any atom is -0.460 e. The number of hydrogen-bond acceptors (Lipinski definition) is 2. The molecule has 0 aromatic rings. The van der Waals surface area contributed by atoms with Crippen LogP contribution in [0, 0.1) is 0 Å². The Kier molecular flexibility index (Phi) is 6.01. The number of ether oxygens (including phenoxy) is 1. The molecule has 4 heteroatoms. The van der Waals surface area contributed by atoms with Gasteiger partial charge in [-0.15, -0.1) is 0 Å². The van der Waals surface area contributed by atoms with Crippen molar-refractivity contribution in [3.63, 3.8) is 0 Å². The molecule has 0 radical (unpaired) electrons. The smallest absolute Gasteiger partial charge is 0.288 e. The lowest BCUT2D eigenvalue weighted by Gasteiger charge is -2.30. The number of amidine groups is 1. The van der Waals surface area contributed by atoms with Crippen molar-refractivity contribution in [3.05, 3.63) is 0 Å².